The molecule has 2 aliphatic heterocycles. The molecule has 12 nitrogen and oxygen atoms in total. The molecule has 6 rings (SSSR count). The van der Waals surface area contributed by atoms with Crippen molar-refractivity contribution in [1.82, 2.24) is 0 Å². The fraction of sp³-hybridized carbons (Fsp3) is 0.429. The van der Waals surface area contributed by atoms with E-state index in [2.05, 4.69) is 0 Å². The number of ether oxygens (including phenoxy) is 5. The molecule has 2 heterocycles. The third-order valence-corrected chi connectivity index (χ3v) is 10.9. The van der Waals surface area contributed by atoms with Crippen molar-refractivity contribution >= 4 is 23.2 Å². The zero-order valence-electron chi connectivity index (χ0n) is 30.9. The maximum Gasteiger partial charge on any atom is 0.225 e. The summed E-state index contributed by atoms with van der Waals surface area (Å²) in [6.07, 6.45) is -13.1. The Morgan fingerprint density at radius 2 is 1.25 bits per heavy atom. The summed E-state index contributed by atoms with van der Waals surface area (Å²) in [5.74, 6) is -0.799. The first-order valence-corrected chi connectivity index (χ1v) is 19.3. The summed E-state index contributed by atoms with van der Waals surface area (Å²) < 4.78 is 29.4. The van der Waals surface area contributed by atoms with Crippen molar-refractivity contribution in [2.45, 2.75) is 87.4 Å². The van der Waals surface area contributed by atoms with Gasteiger partial charge < -0.3 is 59.4 Å². The average Bonchev–Trinajstić information content (AvgIpc) is 3.50. The van der Waals surface area contributed by atoms with Gasteiger partial charge in [0, 0.05) is 15.6 Å². The predicted molar refractivity (Wildman–Crippen MR) is 207 cm³/mol. The molecular formula is C42H48Cl2O12. The van der Waals surface area contributed by atoms with Crippen LogP contribution in [-0.4, -0.2) is 111 Å². The van der Waals surface area contributed by atoms with Gasteiger partial charge >= 0.3 is 0 Å². The summed E-state index contributed by atoms with van der Waals surface area (Å²) in [6.45, 7) is 3.47. The quantitative estimate of drug-likeness (QED) is 0.0921. The number of hydrogen-bond acceptors (Lipinski definition) is 12. The lowest BCUT2D eigenvalue weighted by atomic mass is 9.86. The highest BCUT2D eigenvalue weighted by Crippen LogP contribution is 2.42. The second kappa shape index (κ2) is 18.5. The van der Waals surface area contributed by atoms with Crippen molar-refractivity contribution in [3.8, 4) is 11.5 Å². The SMILES string of the molecule is CCOc1ccc(Cc2cc([C@@H]3O[C@H](C(O)CO[C@@]4(c5ccc(Cl)c(Cc6ccc(OCC)cc6)c5)O[C@H](CO)[C@@H](O)[C@H](O)[C@H]4O)[C@H](O)[C@H]3O)ccc2Cl)cc1. The zero-order valence-corrected chi connectivity index (χ0v) is 32.5. The van der Waals surface area contributed by atoms with Crippen LogP contribution in [0.25, 0.3) is 0 Å². The van der Waals surface area contributed by atoms with Crippen LogP contribution in [0.4, 0.5) is 0 Å². The van der Waals surface area contributed by atoms with Crippen LogP contribution in [0.15, 0.2) is 84.9 Å². The summed E-state index contributed by atoms with van der Waals surface area (Å²) in [6, 6.07) is 24.8. The largest absolute Gasteiger partial charge is 0.494 e. The molecule has 0 aliphatic carbocycles. The fourth-order valence-electron chi connectivity index (χ4n) is 7.20. The molecule has 302 valence electrons. The van der Waals surface area contributed by atoms with E-state index in [0.29, 0.717) is 53.0 Å². The van der Waals surface area contributed by atoms with Crippen molar-refractivity contribution in [1.29, 1.82) is 0 Å². The molecule has 0 aromatic heterocycles. The first kappa shape index (κ1) is 42.3. The summed E-state index contributed by atoms with van der Waals surface area (Å²) >= 11 is 13.2. The van der Waals surface area contributed by atoms with E-state index in [0.717, 1.165) is 22.4 Å². The fourth-order valence-corrected chi connectivity index (χ4v) is 7.57. The van der Waals surface area contributed by atoms with Crippen molar-refractivity contribution in [3.05, 3.63) is 128 Å². The highest BCUT2D eigenvalue weighted by Gasteiger charge is 2.56. The highest BCUT2D eigenvalue weighted by molar-refractivity contribution is 6.31. The summed E-state index contributed by atoms with van der Waals surface area (Å²) in [7, 11) is 0. The minimum absolute atomic E-state index is 0.166. The number of aliphatic hydroxyl groups excluding tert-OH is 7. The molecule has 0 saturated carbocycles. The van der Waals surface area contributed by atoms with Gasteiger partial charge in [0.15, 0.2) is 0 Å². The van der Waals surface area contributed by atoms with Crippen molar-refractivity contribution < 1.29 is 59.4 Å². The van der Waals surface area contributed by atoms with Crippen LogP contribution >= 0.6 is 23.2 Å². The number of benzene rings is 4. The van der Waals surface area contributed by atoms with Gasteiger partial charge in [0.25, 0.3) is 0 Å². The van der Waals surface area contributed by atoms with E-state index in [-0.39, 0.29) is 5.56 Å². The Hall–Kier alpha value is -3.34. The van der Waals surface area contributed by atoms with Gasteiger partial charge in [0.1, 0.15) is 66.4 Å². The van der Waals surface area contributed by atoms with E-state index >= 15 is 0 Å². The van der Waals surface area contributed by atoms with Gasteiger partial charge in [-0.25, -0.2) is 0 Å². The number of rotatable bonds is 15. The Labute approximate surface area is 335 Å². The maximum atomic E-state index is 11.5. The van der Waals surface area contributed by atoms with Gasteiger partial charge in [-0.05, 0) is 97.0 Å². The lowest BCUT2D eigenvalue weighted by Crippen LogP contribution is -2.65. The van der Waals surface area contributed by atoms with Crippen molar-refractivity contribution in [2.24, 2.45) is 0 Å². The van der Waals surface area contributed by atoms with Gasteiger partial charge in [-0.15, -0.1) is 0 Å². The van der Waals surface area contributed by atoms with Gasteiger partial charge in [-0.3, -0.25) is 0 Å². The minimum Gasteiger partial charge on any atom is -0.494 e. The second-order valence-electron chi connectivity index (χ2n) is 14.0. The average molecular weight is 816 g/mol. The van der Waals surface area contributed by atoms with Gasteiger partial charge in [0.05, 0.1) is 26.4 Å². The Morgan fingerprint density at radius 3 is 1.80 bits per heavy atom. The molecule has 0 radical (unpaired) electrons. The second-order valence-corrected chi connectivity index (χ2v) is 14.8. The first-order valence-electron chi connectivity index (χ1n) is 18.6. The Bertz CT molecular complexity index is 1890. The summed E-state index contributed by atoms with van der Waals surface area (Å²) in [5.41, 5.74) is 3.88. The molecule has 4 aromatic rings. The first-order chi connectivity index (χ1) is 26.9. The smallest absolute Gasteiger partial charge is 0.225 e. The molecule has 0 amide bonds. The molecule has 7 N–H and O–H groups in total. The van der Waals surface area contributed by atoms with Crippen LogP contribution in [0.5, 0.6) is 11.5 Å². The third-order valence-electron chi connectivity index (χ3n) is 10.2. The minimum atomic E-state index is -2.25. The van der Waals surface area contributed by atoms with Crippen molar-refractivity contribution in [2.75, 3.05) is 26.4 Å². The molecule has 0 spiro atoms. The molecule has 4 aromatic carbocycles. The van der Waals surface area contributed by atoms with E-state index in [1.807, 2.05) is 62.4 Å². The standard InChI is InChI=1S/C42H48Cl2O12/c1-3-52-29-11-5-23(6-12-29)17-26-19-25(9-15-31(26)43)39-36(48)37(49)40(55-39)33(46)22-54-42(41(51)38(50)35(47)34(21-45)56-42)28-10-16-32(44)27(20-28)18-24-7-13-30(14-8-24)53-4-2/h5-16,19-20,33-41,45-51H,3-4,17-18,21-22H2,1-2H3/t33?,34-,35-,36-,37-,38+,39+,40-,41-,42+/m1/s1. The van der Waals surface area contributed by atoms with E-state index in [9.17, 15) is 35.7 Å². The van der Waals surface area contributed by atoms with E-state index in [1.54, 1.807) is 30.3 Å². The number of aliphatic hydroxyl groups is 7. The van der Waals surface area contributed by atoms with E-state index in [1.165, 1.54) is 6.07 Å². The van der Waals surface area contributed by atoms with Gasteiger partial charge in [-0.2, -0.15) is 0 Å². The molecular weight excluding hydrogens is 767 g/mol. The van der Waals surface area contributed by atoms with Crippen molar-refractivity contribution in [3.63, 3.8) is 0 Å². The lowest BCUT2D eigenvalue weighted by Gasteiger charge is -2.48. The number of hydrogen-bond donors (Lipinski definition) is 7. The van der Waals surface area contributed by atoms with E-state index < -0.39 is 73.9 Å². The summed E-state index contributed by atoms with van der Waals surface area (Å²) in [4.78, 5) is 0. The molecule has 1 unspecified atom stereocenters. The lowest BCUT2D eigenvalue weighted by molar-refractivity contribution is -0.377. The van der Waals surface area contributed by atoms with Crippen LogP contribution in [0, 0.1) is 0 Å². The predicted octanol–water partition coefficient (Wildman–Crippen LogP) is 3.84. The normalized spacial score (nSPS) is 28.3. The Kier molecular flexibility index (Phi) is 14.0. The third kappa shape index (κ3) is 9.02. The monoisotopic (exact) mass is 814 g/mol. The van der Waals surface area contributed by atoms with Crippen LogP contribution in [-0.2, 0) is 32.8 Å². The maximum absolute atomic E-state index is 11.5. The molecule has 10 atom stereocenters. The van der Waals surface area contributed by atoms with Crippen LogP contribution in [0.1, 0.15) is 53.3 Å². The van der Waals surface area contributed by atoms with Gasteiger partial charge in [0.2, 0.25) is 5.79 Å². The zero-order chi connectivity index (χ0) is 40.1. The van der Waals surface area contributed by atoms with Crippen LogP contribution < -0.4 is 9.47 Å². The van der Waals surface area contributed by atoms with Crippen LogP contribution in [0.3, 0.4) is 0 Å². The highest BCUT2D eigenvalue weighted by atomic mass is 35.5. The molecule has 2 aliphatic rings. The van der Waals surface area contributed by atoms with E-state index in [4.69, 9.17) is 46.9 Å². The number of halogens is 2. The summed E-state index contributed by atoms with van der Waals surface area (Å²) in [5, 5.41) is 77.8. The Balaban J connectivity index is 1.22. The molecule has 14 heteroatoms. The Morgan fingerprint density at radius 1 is 0.696 bits per heavy atom. The molecule has 2 fully saturated rings. The van der Waals surface area contributed by atoms with Crippen LogP contribution in [0.2, 0.25) is 10.0 Å². The molecule has 2 saturated heterocycles. The topological polar surface area (TPSA) is 188 Å². The van der Waals surface area contributed by atoms with Gasteiger partial charge in [-0.1, -0.05) is 65.7 Å². The molecule has 56 heavy (non-hydrogen) atoms. The molecule has 0 bridgehead atoms.